The summed E-state index contributed by atoms with van der Waals surface area (Å²) in [6.07, 6.45) is 1.10. The van der Waals surface area contributed by atoms with Gasteiger partial charge < -0.3 is 14.7 Å². The van der Waals surface area contributed by atoms with E-state index in [0.29, 0.717) is 26.3 Å². The summed E-state index contributed by atoms with van der Waals surface area (Å²) in [5, 5.41) is 8.96. The van der Waals surface area contributed by atoms with E-state index in [9.17, 15) is 4.79 Å². The summed E-state index contributed by atoms with van der Waals surface area (Å²) < 4.78 is 3.40. The summed E-state index contributed by atoms with van der Waals surface area (Å²) in [6, 6.07) is 0. The third kappa shape index (κ3) is 4.47. The first-order chi connectivity index (χ1) is 6.90. The predicted molar refractivity (Wildman–Crippen MR) is 58.4 cm³/mol. The number of morpholine rings is 1. The monoisotopic (exact) mass is 273 g/mol. The van der Waals surface area contributed by atoms with Gasteiger partial charge in [-0.1, -0.05) is 34.8 Å². The van der Waals surface area contributed by atoms with Crippen LogP contribution < -0.4 is 0 Å². The Bertz CT molecular complexity index is 269. The van der Waals surface area contributed by atoms with Crippen molar-refractivity contribution in [3.63, 3.8) is 0 Å². The summed E-state index contributed by atoms with van der Waals surface area (Å²) in [4.78, 5) is 12.6. The molecule has 1 saturated heterocycles. The fourth-order valence-corrected chi connectivity index (χ4v) is 1.56. The molecule has 1 N–H and O–H groups in total. The highest BCUT2D eigenvalue weighted by atomic mass is 35.6. The minimum absolute atomic E-state index is 0.00157. The van der Waals surface area contributed by atoms with Crippen LogP contribution in [0.5, 0.6) is 0 Å². The van der Waals surface area contributed by atoms with E-state index in [2.05, 4.69) is 0 Å². The molecule has 4 nitrogen and oxygen atoms in total. The van der Waals surface area contributed by atoms with Crippen LogP contribution in [0.4, 0.5) is 0 Å². The molecular formula is C8H10Cl3NO3. The van der Waals surface area contributed by atoms with Crippen LogP contribution in [0.25, 0.3) is 0 Å². The third-order valence-electron chi connectivity index (χ3n) is 1.87. The van der Waals surface area contributed by atoms with Crippen LogP contribution in [-0.2, 0) is 9.53 Å². The van der Waals surface area contributed by atoms with Crippen molar-refractivity contribution in [3.8, 4) is 0 Å². The molecule has 0 atom stereocenters. The Balaban J connectivity index is 2.82. The Morgan fingerprint density at radius 2 is 1.87 bits per heavy atom. The number of allylic oxidation sites excluding steroid dienone is 1. The van der Waals surface area contributed by atoms with Gasteiger partial charge in [0, 0.05) is 13.1 Å². The second-order valence-corrected chi connectivity index (χ2v) is 5.34. The molecule has 1 rings (SSSR count). The largest absolute Gasteiger partial charge is 0.477 e. The minimum Gasteiger partial charge on any atom is -0.477 e. The highest BCUT2D eigenvalue weighted by molar-refractivity contribution is 6.69. The number of carboxylic acid groups (broad SMARTS) is 1. The van der Waals surface area contributed by atoms with Gasteiger partial charge in [0.15, 0.2) is 0 Å². The molecule has 0 aliphatic carbocycles. The van der Waals surface area contributed by atoms with E-state index in [1.165, 1.54) is 0 Å². The summed E-state index contributed by atoms with van der Waals surface area (Å²) >= 11 is 16.6. The van der Waals surface area contributed by atoms with Gasteiger partial charge in [0.2, 0.25) is 3.79 Å². The fourth-order valence-electron chi connectivity index (χ4n) is 1.25. The Hall–Kier alpha value is -0.160. The molecule has 1 aliphatic heterocycles. The number of carboxylic acids is 1. The van der Waals surface area contributed by atoms with Crippen molar-refractivity contribution < 1.29 is 14.6 Å². The lowest BCUT2D eigenvalue weighted by atomic mass is 10.3. The molecule has 1 fully saturated rings. The Labute approximate surface area is 102 Å². The van der Waals surface area contributed by atoms with Crippen molar-refractivity contribution >= 4 is 40.8 Å². The van der Waals surface area contributed by atoms with Crippen molar-refractivity contribution in [3.05, 3.63) is 11.8 Å². The lowest BCUT2D eigenvalue weighted by Gasteiger charge is -2.29. The SMILES string of the molecule is O=C(O)C(=CC(Cl)(Cl)Cl)N1CCOCC1. The maximum Gasteiger partial charge on any atom is 0.351 e. The molecule has 0 aromatic heterocycles. The molecule has 1 heterocycles. The van der Waals surface area contributed by atoms with E-state index in [0.717, 1.165) is 6.08 Å². The number of rotatable bonds is 2. The first kappa shape index (κ1) is 12.9. The van der Waals surface area contributed by atoms with Crippen molar-refractivity contribution in [2.75, 3.05) is 26.3 Å². The fraction of sp³-hybridized carbons (Fsp3) is 0.625. The molecule has 86 valence electrons. The average Bonchev–Trinajstić information content (AvgIpc) is 2.14. The normalized spacial score (nSPS) is 19.1. The molecular weight excluding hydrogens is 264 g/mol. The summed E-state index contributed by atoms with van der Waals surface area (Å²) in [5.41, 5.74) is -0.00157. The second kappa shape index (κ2) is 5.25. The van der Waals surface area contributed by atoms with Crippen molar-refractivity contribution in [2.24, 2.45) is 0 Å². The van der Waals surface area contributed by atoms with Crippen LogP contribution in [0.2, 0.25) is 0 Å². The van der Waals surface area contributed by atoms with Crippen LogP contribution in [0, 0.1) is 0 Å². The van der Waals surface area contributed by atoms with Gasteiger partial charge >= 0.3 is 5.97 Å². The van der Waals surface area contributed by atoms with Gasteiger partial charge in [-0.2, -0.15) is 0 Å². The van der Waals surface area contributed by atoms with Crippen LogP contribution in [0.1, 0.15) is 0 Å². The van der Waals surface area contributed by atoms with Crippen LogP contribution >= 0.6 is 34.8 Å². The zero-order valence-corrected chi connectivity index (χ0v) is 10.0. The van der Waals surface area contributed by atoms with Crippen LogP contribution in [-0.4, -0.2) is 46.1 Å². The number of nitrogens with zero attached hydrogens (tertiary/aromatic N) is 1. The van der Waals surface area contributed by atoms with Crippen molar-refractivity contribution in [1.29, 1.82) is 0 Å². The van der Waals surface area contributed by atoms with Gasteiger partial charge in [0.1, 0.15) is 5.70 Å². The van der Waals surface area contributed by atoms with Gasteiger partial charge in [-0.3, -0.25) is 0 Å². The van der Waals surface area contributed by atoms with Crippen LogP contribution in [0.15, 0.2) is 11.8 Å². The molecule has 0 saturated carbocycles. The highest BCUT2D eigenvalue weighted by Crippen LogP contribution is 2.29. The third-order valence-corrected chi connectivity index (χ3v) is 2.20. The highest BCUT2D eigenvalue weighted by Gasteiger charge is 2.25. The Kier molecular flexibility index (Phi) is 4.52. The molecule has 0 aromatic rings. The van der Waals surface area contributed by atoms with Gasteiger partial charge in [-0.25, -0.2) is 4.79 Å². The number of alkyl halides is 3. The molecule has 0 radical (unpaired) electrons. The number of hydrogen-bond donors (Lipinski definition) is 1. The maximum absolute atomic E-state index is 10.9. The lowest BCUT2D eigenvalue weighted by Crippen LogP contribution is -2.38. The molecule has 15 heavy (non-hydrogen) atoms. The van der Waals surface area contributed by atoms with E-state index in [1.54, 1.807) is 4.90 Å². The second-order valence-electron chi connectivity index (χ2n) is 2.98. The van der Waals surface area contributed by atoms with Crippen LogP contribution in [0.3, 0.4) is 0 Å². The molecule has 1 aliphatic rings. The van der Waals surface area contributed by atoms with E-state index in [1.807, 2.05) is 0 Å². The molecule has 0 bridgehead atoms. The van der Waals surface area contributed by atoms with Gasteiger partial charge in [-0.15, -0.1) is 0 Å². The van der Waals surface area contributed by atoms with E-state index < -0.39 is 9.76 Å². The smallest absolute Gasteiger partial charge is 0.351 e. The lowest BCUT2D eigenvalue weighted by molar-refractivity contribution is -0.135. The molecule has 0 unspecified atom stereocenters. The minimum atomic E-state index is -1.70. The molecule has 0 spiro atoms. The van der Waals surface area contributed by atoms with Gasteiger partial charge in [0.05, 0.1) is 13.2 Å². The molecule has 0 amide bonds. The van der Waals surface area contributed by atoms with Gasteiger partial charge in [0.25, 0.3) is 0 Å². The Morgan fingerprint density at radius 1 is 1.33 bits per heavy atom. The average molecular weight is 275 g/mol. The first-order valence-electron chi connectivity index (χ1n) is 4.26. The standard InChI is InChI=1S/C8H10Cl3NO3/c9-8(10,11)5-6(7(13)14)12-1-3-15-4-2-12/h5H,1-4H2,(H,13,14). The van der Waals surface area contributed by atoms with E-state index in [-0.39, 0.29) is 5.70 Å². The number of ether oxygens (including phenoxy) is 1. The van der Waals surface area contributed by atoms with E-state index >= 15 is 0 Å². The summed E-state index contributed by atoms with van der Waals surface area (Å²) in [5.74, 6) is -1.11. The zero-order valence-electron chi connectivity index (χ0n) is 7.75. The van der Waals surface area contributed by atoms with E-state index in [4.69, 9.17) is 44.6 Å². The predicted octanol–water partition coefficient (Wildman–Crippen LogP) is 1.66. The molecule has 0 aromatic carbocycles. The number of halogens is 3. The topological polar surface area (TPSA) is 49.8 Å². The quantitative estimate of drug-likeness (QED) is 0.614. The Morgan fingerprint density at radius 3 is 2.27 bits per heavy atom. The number of hydrogen-bond acceptors (Lipinski definition) is 3. The number of aliphatic carboxylic acids is 1. The summed E-state index contributed by atoms with van der Waals surface area (Å²) in [6.45, 7) is 1.92. The first-order valence-corrected chi connectivity index (χ1v) is 5.39. The van der Waals surface area contributed by atoms with Gasteiger partial charge in [-0.05, 0) is 6.08 Å². The van der Waals surface area contributed by atoms with Crippen molar-refractivity contribution in [2.45, 2.75) is 3.79 Å². The number of carbonyl (C=O) groups is 1. The molecule has 7 heteroatoms. The zero-order chi connectivity index (χ0) is 11.5. The van der Waals surface area contributed by atoms with Crippen molar-refractivity contribution in [1.82, 2.24) is 4.90 Å². The summed E-state index contributed by atoms with van der Waals surface area (Å²) in [7, 11) is 0. The maximum atomic E-state index is 10.9.